The fourth-order valence-corrected chi connectivity index (χ4v) is 3.88. The molecule has 3 heterocycles. The molecule has 6 nitrogen and oxygen atoms in total. The zero-order valence-corrected chi connectivity index (χ0v) is 12.6. The molecule has 6 heteroatoms. The molecule has 1 saturated carbocycles. The van der Waals surface area contributed by atoms with Gasteiger partial charge < -0.3 is 28.8 Å². The lowest BCUT2D eigenvalue weighted by Crippen LogP contribution is -2.44. The van der Waals surface area contributed by atoms with Crippen molar-refractivity contribution in [3.63, 3.8) is 0 Å². The second kappa shape index (κ2) is 4.88. The highest BCUT2D eigenvalue weighted by atomic mass is 16.8. The van der Waals surface area contributed by atoms with E-state index in [-0.39, 0.29) is 6.10 Å². The van der Waals surface area contributed by atoms with Crippen LogP contribution in [0.15, 0.2) is 0 Å². The summed E-state index contributed by atoms with van der Waals surface area (Å²) in [6.45, 7) is 4.14. The molecule has 0 aromatic heterocycles. The first kappa shape index (κ1) is 14.4. The van der Waals surface area contributed by atoms with Gasteiger partial charge in [0, 0.05) is 12.8 Å². The van der Waals surface area contributed by atoms with Crippen molar-refractivity contribution < 1.29 is 28.8 Å². The smallest absolute Gasteiger partial charge is 0.190 e. The van der Waals surface area contributed by atoms with E-state index in [0.29, 0.717) is 6.61 Å². The summed E-state index contributed by atoms with van der Waals surface area (Å²) in [5.41, 5.74) is 0. The van der Waals surface area contributed by atoms with Gasteiger partial charge in [-0.05, 0) is 26.7 Å². The summed E-state index contributed by atoms with van der Waals surface area (Å²) in [5, 5.41) is 10.5. The Morgan fingerprint density at radius 1 is 0.952 bits per heavy atom. The Labute approximate surface area is 124 Å². The minimum absolute atomic E-state index is 0.282. The summed E-state index contributed by atoms with van der Waals surface area (Å²) >= 11 is 0. The lowest BCUT2D eigenvalue weighted by molar-refractivity contribution is -0.256. The molecule has 120 valence electrons. The Hall–Kier alpha value is -0.240. The van der Waals surface area contributed by atoms with E-state index >= 15 is 0 Å². The van der Waals surface area contributed by atoms with Gasteiger partial charge in [0.25, 0.3) is 0 Å². The van der Waals surface area contributed by atoms with Gasteiger partial charge in [-0.25, -0.2) is 0 Å². The van der Waals surface area contributed by atoms with Crippen molar-refractivity contribution in [3.8, 4) is 0 Å². The topological polar surface area (TPSA) is 66.4 Å². The van der Waals surface area contributed by atoms with Gasteiger partial charge in [-0.1, -0.05) is 6.42 Å². The number of hydrogen-bond donors (Lipinski definition) is 1. The van der Waals surface area contributed by atoms with Gasteiger partial charge in [-0.2, -0.15) is 0 Å². The van der Waals surface area contributed by atoms with E-state index in [2.05, 4.69) is 0 Å². The number of aliphatic hydroxyl groups excluding tert-OH is 1. The van der Waals surface area contributed by atoms with Crippen molar-refractivity contribution in [2.45, 2.75) is 88.2 Å². The van der Waals surface area contributed by atoms with E-state index in [4.69, 9.17) is 23.7 Å². The van der Waals surface area contributed by atoms with Crippen LogP contribution in [0.5, 0.6) is 0 Å². The molecule has 1 aliphatic carbocycles. The fraction of sp³-hybridized carbons (Fsp3) is 1.00. The fourth-order valence-electron chi connectivity index (χ4n) is 3.88. The van der Waals surface area contributed by atoms with Crippen molar-refractivity contribution in [1.82, 2.24) is 0 Å². The van der Waals surface area contributed by atoms with Crippen LogP contribution in [0, 0.1) is 0 Å². The highest BCUT2D eigenvalue weighted by molar-refractivity contribution is 4.99. The van der Waals surface area contributed by atoms with Crippen LogP contribution < -0.4 is 0 Å². The van der Waals surface area contributed by atoms with Gasteiger partial charge in [-0.3, -0.25) is 0 Å². The normalized spacial score (nSPS) is 47.9. The predicted octanol–water partition coefficient (Wildman–Crippen LogP) is 1.30. The Morgan fingerprint density at radius 3 is 2.33 bits per heavy atom. The molecule has 0 unspecified atom stereocenters. The molecule has 5 atom stereocenters. The van der Waals surface area contributed by atoms with Crippen molar-refractivity contribution in [2.24, 2.45) is 0 Å². The second-order valence-corrected chi connectivity index (χ2v) is 7.00. The molecular formula is C15H24O6. The predicted molar refractivity (Wildman–Crippen MR) is 71.3 cm³/mol. The molecule has 0 bridgehead atoms. The Morgan fingerprint density at radius 2 is 1.71 bits per heavy atom. The number of aliphatic hydroxyl groups is 1. The van der Waals surface area contributed by atoms with E-state index in [1.807, 2.05) is 13.8 Å². The standard InChI is InChI=1S/C15H24O6/c1-14(2)17-8-9(19-14)11-10(16)12-13(18-11)21-15(20-12)6-4-3-5-7-15/h9-13,16H,3-8H2,1-2H3/t9-,10+,11-,12-,13-/m1/s1. The number of fused-ring (bicyclic) bond motifs is 1. The van der Waals surface area contributed by atoms with Gasteiger partial charge in [0.15, 0.2) is 17.9 Å². The van der Waals surface area contributed by atoms with Crippen molar-refractivity contribution in [1.29, 1.82) is 0 Å². The average molecular weight is 300 g/mol. The highest BCUT2D eigenvalue weighted by Gasteiger charge is 2.60. The minimum atomic E-state index is -0.737. The van der Waals surface area contributed by atoms with Gasteiger partial charge >= 0.3 is 0 Å². The van der Waals surface area contributed by atoms with Crippen LogP contribution in [0.2, 0.25) is 0 Å². The molecule has 1 N–H and O–H groups in total. The summed E-state index contributed by atoms with van der Waals surface area (Å²) in [6, 6.07) is 0. The van der Waals surface area contributed by atoms with E-state index in [9.17, 15) is 5.11 Å². The van der Waals surface area contributed by atoms with Crippen LogP contribution in [0.4, 0.5) is 0 Å². The Kier molecular flexibility index (Phi) is 3.33. The summed E-state index contributed by atoms with van der Waals surface area (Å²) in [6.07, 6.45) is 2.82. The molecule has 3 aliphatic heterocycles. The molecule has 1 spiro atoms. The highest BCUT2D eigenvalue weighted by Crippen LogP contribution is 2.46. The maximum Gasteiger partial charge on any atom is 0.190 e. The monoisotopic (exact) mass is 300 g/mol. The summed E-state index contributed by atoms with van der Waals surface area (Å²) in [4.78, 5) is 0. The molecule has 21 heavy (non-hydrogen) atoms. The first-order valence-electron chi connectivity index (χ1n) is 7.99. The zero-order valence-electron chi connectivity index (χ0n) is 12.6. The van der Waals surface area contributed by atoms with Crippen molar-refractivity contribution in [3.05, 3.63) is 0 Å². The van der Waals surface area contributed by atoms with Crippen molar-refractivity contribution >= 4 is 0 Å². The molecule has 4 aliphatic rings. The summed E-state index contributed by atoms with van der Waals surface area (Å²) < 4.78 is 29.3. The van der Waals surface area contributed by atoms with Crippen LogP contribution in [0.1, 0.15) is 46.0 Å². The molecule has 0 amide bonds. The van der Waals surface area contributed by atoms with Crippen molar-refractivity contribution in [2.75, 3.05) is 6.61 Å². The summed E-state index contributed by atoms with van der Waals surface area (Å²) in [5.74, 6) is -1.16. The minimum Gasteiger partial charge on any atom is -0.387 e. The van der Waals surface area contributed by atoms with E-state index in [0.717, 1.165) is 25.7 Å². The van der Waals surface area contributed by atoms with Gasteiger partial charge in [-0.15, -0.1) is 0 Å². The third-order valence-electron chi connectivity index (χ3n) is 4.93. The number of rotatable bonds is 1. The first-order chi connectivity index (χ1) is 9.98. The van der Waals surface area contributed by atoms with Crippen LogP contribution in [-0.2, 0) is 23.7 Å². The first-order valence-corrected chi connectivity index (χ1v) is 7.99. The van der Waals surface area contributed by atoms with E-state index in [1.165, 1.54) is 6.42 Å². The molecule has 4 rings (SSSR count). The Bertz CT molecular complexity index is 405. The van der Waals surface area contributed by atoms with E-state index in [1.54, 1.807) is 0 Å². The molecule has 0 radical (unpaired) electrons. The average Bonchev–Trinajstić information content (AvgIpc) is 3.05. The SMILES string of the molecule is CC1(C)OC[C@H]([C@H]2O[C@@H]3OC4(CCCCC4)O[C@@H]3[C@H]2O)O1. The number of ether oxygens (including phenoxy) is 5. The van der Waals surface area contributed by atoms with Crippen LogP contribution >= 0.6 is 0 Å². The second-order valence-electron chi connectivity index (χ2n) is 7.00. The molecule has 0 aromatic rings. The van der Waals surface area contributed by atoms with E-state index < -0.39 is 36.2 Å². The molecular weight excluding hydrogens is 276 g/mol. The largest absolute Gasteiger partial charge is 0.387 e. The molecule has 4 fully saturated rings. The lowest BCUT2D eigenvalue weighted by atomic mass is 9.94. The third-order valence-corrected chi connectivity index (χ3v) is 4.93. The van der Waals surface area contributed by atoms with Gasteiger partial charge in [0.05, 0.1) is 6.61 Å². The molecule has 0 aromatic carbocycles. The maximum atomic E-state index is 10.5. The molecule has 3 saturated heterocycles. The van der Waals surface area contributed by atoms with Crippen LogP contribution in [-0.4, -0.2) is 54.0 Å². The quantitative estimate of drug-likeness (QED) is 0.787. The lowest BCUT2D eigenvalue weighted by Gasteiger charge is -2.34. The van der Waals surface area contributed by atoms with Crippen LogP contribution in [0.25, 0.3) is 0 Å². The maximum absolute atomic E-state index is 10.5. The van der Waals surface area contributed by atoms with Gasteiger partial charge in [0.2, 0.25) is 0 Å². The zero-order chi connectivity index (χ0) is 14.7. The third kappa shape index (κ3) is 2.42. The Balaban J connectivity index is 1.43. The van der Waals surface area contributed by atoms with Crippen LogP contribution in [0.3, 0.4) is 0 Å². The van der Waals surface area contributed by atoms with Gasteiger partial charge in [0.1, 0.15) is 24.4 Å². The number of hydrogen-bond acceptors (Lipinski definition) is 6. The summed E-state index contributed by atoms with van der Waals surface area (Å²) in [7, 11) is 0.